The number of carbonyl (C=O) groups excluding carboxylic acids is 1. The number of anilines is 2. The number of amides is 2. The van der Waals surface area contributed by atoms with Crippen molar-refractivity contribution in [3.05, 3.63) is 83.9 Å². The minimum absolute atomic E-state index is 0.0240. The van der Waals surface area contributed by atoms with E-state index in [9.17, 15) is 13.2 Å². The number of sulfone groups is 1. The third kappa shape index (κ3) is 6.25. The van der Waals surface area contributed by atoms with Crippen LogP contribution in [0.3, 0.4) is 0 Å². The van der Waals surface area contributed by atoms with E-state index in [4.69, 9.17) is 11.6 Å². The summed E-state index contributed by atoms with van der Waals surface area (Å²) in [6.07, 6.45) is 0. The molecular formula is C21H19ClN2O3S2. The van der Waals surface area contributed by atoms with E-state index in [1.807, 2.05) is 36.4 Å². The van der Waals surface area contributed by atoms with E-state index in [1.165, 1.54) is 23.9 Å². The van der Waals surface area contributed by atoms with Crippen molar-refractivity contribution in [2.45, 2.75) is 9.79 Å². The molecule has 2 N–H and O–H groups in total. The molecule has 0 bridgehead atoms. The van der Waals surface area contributed by atoms with Gasteiger partial charge in [0, 0.05) is 21.4 Å². The fraction of sp³-hybridized carbons (Fsp3) is 0.0952. The van der Waals surface area contributed by atoms with Crippen LogP contribution in [0, 0.1) is 0 Å². The molecule has 3 aromatic rings. The molecule has 0 aliphatic carbocycles. The van der Waals surface area contributed by atoms with Gasteiger partial charge in [0.25, 0.3) is 0 Å². The number of urea groups is 1. The van der Waals surface area contributed by atoms with Gasteiger partial charge in [0.15, 0.2) is 9.84 Å². The molecule has 0 aliphatic rings. The molecule has 3 rings (SSSR count). The van der Waals surface area contributed by atoms with E-state index >= 15 is 0 Å². The Hall–Kier alpha value is -2.48. The SMILES string of the molecule is O=C(Nc1ccccc1)Nc1ccccc1SCCS(=O)(=O)c1ccc(Cl)cc1. The standard InChI is InChI=1S/C21H19ClN2O3S2/c22-16-10-12-18(13-11-16)29(26,27)15-14-28-20-9-5-4-8-19(20)24-21(25)23-17-6-2-1-3-7-17/h1-13H,14-15H2,(H2,23,24,25). The van der Waals surface area contributed by atoms with E-state index in [-0.39, 0.29) is 16.7 Å². The van der Waals surface area contributed by atoms with E-state index < -0.39 is 9.84 Å². The quantitative estimate of drug-likeness (QED) is 0.466. The van der Waals surface area contributed by atoms with Gasteiger partial charge in [-0.3, -0.25) is 0 Å². The first kappa shape index (κ1) is 21.2. The average molecular weight is 447 g/mol. The predicted octanol–water partition coefficient (Wildman–Crippen LogP) is 5.55. The third-order valence-corrected chi connectivity index (χ3v) is 7.27. The monoisotopic (exact) mass is 446 g/mol. The molecule has 29 heavy (non-hydrogen) atoms. The van der Waals surface area contributed by atoms with Crippen LogP contribution < -0.4 is 10.6 Å². The van der Waals surface area contributed by atoms with Crippen LogP contribution in [0.25, 0.3) is 0 Å². The summed E-state index contributed by atoms with van der Waals surface area (Å²) < 4.78 is 24.9. The lowest BCUT2D eigenvalue weighted by Gasteiger charge is -2.12. The first-order chi connectivity index (χ1) is 13.9. The Morgan fingerprint density at radius 1 is 0.862 bits per heavy atom. The second-order valence-electron chi connectivity index (χ2n) is 6.06. The van der Waals surface area contributed by atoms with E-state index in [2.05, 4.69) is 10.6 Å². The molecule has 0 spiro atoms. The summed E-state index contributed by atoms with van der Waals surface area (Å²) in [7, 11) is -3.40. The van der Waals surface area contributed by atoms with Crippen molar-refractivity contribution in [1.29, 1.82) is 0 Å². The van der Waals surface area contributed by atoms with Crippen molar-refractivity contribution in [3.8, 4) is 0 Å². The maximum atomic E-state index is 12.5. The number of hydrogen-bond acceptors (Lipinski definition) is 4. The predicted molar refractivity (Wildman–Crippen MR) is 120 cm³/mol. The van der Waals surface area contributed by atoms with Crippen molar-refractivity contribution in [1.82, 2.24) is 0 Å². The molecule has 0 radical (unpaired) electrons. The molecule has 3 aromatic carbocycles. The summed E-state index contributed by atoms with van der Waals surface area (Å²) in [5, 5.41) is 6.06. The van der Waals surface area contributed by atoms with Gasteiger partial charge in [0.2, 0.25) is 0 Å². The second-order valence-corrected chi connectivity index (χ2v) is 9.74. The topological polar surface area (TPSA) is 75.3 Å². The van der Waals surface area contributed by atoms with Crippen LogP contribution in [-0.4, -0.2) is 26.0 Å². The van der Waals surface area contributed by atoms with Gasteiger partial charge in [-0.15, -0.1) is 11.8 Å². The fourth-order valence-corrected chi connectivity index (χ4v) is 5.32. The molecule has 0 saturated heterocycles. The zero-order valence-corrected chi connectivity index (χ0v) is 17.7. The summed E-state index contributed by atoms with van der Waals surface area (Å²) in [4.78, 5) is 13.3. The molecule has 0 unspecified atom stereocenters. The smallest absolute Gasteiger partial charge is 0.308 e. The van der Waals surface area contributed by atoms with Crippen LogP contribution in [0.5, 0.6) is 0 Å². The lowest BCUT2D eigenvalue weighted by Crippen LogP contribution is -2.19. The van der Waals surface area contributed by atoms with Gasteiger partial charge in [-0.05, 0) is 48.5 Å². The molecule has 5 nitrogen and oxygen atoms in total. The van der Waals surface area contributed by atoms with Gasteiger partial charge in [0.1, 0.15) is 0 Å². The van der Waals surface area contributed by atoms with E-state index in [1.54, 1.807) is 30.3 Å². The van der Waals surface area contributed by atoms with Gasteiger partial charge < -0.3 is 10.6 Å². The number of rotatable bonds is 7. The third-order valence-electron chi connectivity index (χ3n) is 3.95. The molecule has 0 atom stereocenters. The highest BCUT2D eigenvalue weighted by molar-refractivity contribution is 8.00. The lowest BCUT2D eigenvalue weighted by atomic mass is 10.3. The molecule has 0 heterocycles. The maximum absolute atomic E-state index is 12.5. The molecule has 0 saturated carbocycles. The maximum Gasteiger partial charge on any atom is 0.323 e. The number of nitrogens with one attached hydrogen (secondary N) is 2. The zero-order chi connectivity index (χ0) is 20.7. The Labute approximate surface area is 179 Å². The first-order valence-electron chi connectivity index (χ1n) is 8.77. The van der Waals surface area contributed by atoms with E-state index in [0.717, 1.165) is 4.90 Å². The Bertz CT molecular complexity index is 1070. The van der Waals surface area contributed by atoms with Gasteiger partial charge in [-0.2, -0.15) is 0 Å². The molecule has 150 valence electrons. The van der Waals surface area contributed by atoms with Gasteiger partial charge in [-0.25, -0.2) is 13.2 Å². The van der Waals surface area contributed by atoms with Crippen LogP contribution in [0.1, 0.15) is 0 Å². The van der Waals surface area contributed by atoms with Gasteiger partial charge >= 0.3 is 6.03 Å². The largest absolute Gasteiger partial charge is 0.323 e. The second kappa shape index (κ2) is 9.82. The number of hydrogen-bond donors (Lipinski definition) is 2. The normalized spacial score (nSPS) is 11.1. The molecule has 0 aromatic heterocycles. The van der Waals surface area contributed by atoms with E-state index in [0.29, 0.717) is 22.2 Å². The molecule has 0 fully saturated rings. The molecule has 8 heteroatoms. The number of thioether (sulfide) groups is 1. The minimum Gasteiger partial charge on any atom is -0.308 e. The highest BCUT2D eigenvalue weighted by Crippen LogP contribution is 2.28. The van der Waals surface area contributed by atoms with Crippen LogP contribution in [0.2, 0.25) is 5.02 Å². The van der Waals surface area contributed by atoms with Gasteiger partial charge in [0.05, 0.1) is 16.3 Å². The minimum atomic E-state index is -3.40. The Morgan fingerprint density at radius 2 is 1.52 bits per heavy atom. The summed E-state index contributed by atoms with van der Waals surface area (Å²) in [5.74, 6) is 0.327. The lowest BCUT2D eigenvalue weighted by molar-refractivity contribution is 0.262. The number of para-hydroxylation sites is 2. The number of carbonyl (C=O) groups is 1. The number of halogens is 1. The van der Waals surface area contributed by atoms with Crippen LogP contribution in [0.15, 0.2) is 88.7 Å². The number of benzene rings is 3. The van der Waals surface area contributed by atoms with Crippen LogP contribution in [0.4, 0.5) is 16.2 Å². The Morgan fingerprint density at radius 3 is 2.24 bits per heavy atom. The molecule has 2 amide bonds. The summed E-state index contributed by atoms with van der Waals surface area (Å²) in [6.45, 7) is 0. The van der Waals surface area contributed by atoms with Crippen LogP contribution >= 0.6 is 23.4 Å². The van der Waals surface area contributed by atoms with Crippen molar-refractivity contribution >= 4 is 50.6 Å². The van der Waals surface area contributed by atoms with Crippen LogP contribution in [-0.2, 0) is 9.84 Å². The van der Waals surface area contributed by atoms with Crippen molar-refractivity contribution < 1.29 is 13.2 Å². The molecule has 0 aliphatic heterocycles. The van der Waals surface area contributed by atoms with Crippen molar-refractivity contribution in [2.75, 3.05) is 22.1 Å². The first-order valence-corrected chi connectivity index (χ1v) is 11.8. The molecular weight excluding hydrogens is 428 g/mol. The Balaban J connectivity index is 1.60. The summed E-state index contributed by atoms with van der Waals surface area (Å²) in [6, 6.07) is 22.2. The zero-order valence-electron chi connectivity index (χ0n) is 15.3. The fourth-order valence-electron chi connectivity index (χ4n) is 2.52. The summed E-state index contributed by atoms with van der Waals surface area (Å²) >= 11 is 7.19. The van der Waals surface area contributed by atoms with Crippen molar-refractivity contribution in [2.24, 2.45) is 0 Å². The highest BCUT2D eigenvalue weighted by Gasteiger charge is 2.15. The summed E-state index contributed by atoms with van der Waals surface area (Å²) in [5.41, 5.74) is 1.30. The highest BCUT2D eigenvalue weighted by atomic mass is 35.5. The average Bonchev–Trinajstić information content (AvgIpc) is 2.70. The van der Waals surface area contributed by atoms with Crippen molar-refractivity contribution in [3.63, 3.8) is 0 Å². The Kier molecular flexibility index (Phi) is 7.19. The van der Waals surface area contributed by atoms with Gasteiger partial charge in [-0.1, -0.05) is 41.9 Å².